The van der Waals surface area contributed by atoms with Gasteiger partial charge in [-0.2, -0.15) is 5.26 Å². The zero-order valence-corrected chi connectivity index (χ0v) is 10.8. The Labute approximate surface area is 107 Å². The van der Waals surface area contributed by atoms with E-state index in [1.54, 1.807) is 0 Å². The SMILES string of the molecule is CCC(C#N)N(CCC(=O)O)c1ccccc1C. The number of nitriles is 1. The van der Waals surface area contributed by atoms with Crippen molar-refractivity contribution in [1.82, 2.24) is 0 Å². The van der Waals surface area contributed by atoms with Crippen LogP contribution < -0.4 is 4.90 Å². The van der Waals surface area contributed by atoms with Gasteiger partial charge in [-0.05, 0) is 25.0 Å². The minimum atomic E-state index is -0.846. The van der Waals surface area contributed by atoms with Gasteiger partial charge in [-0.3, -0.25) is 4.79 Å². The van der Waals surface area contributed by atoms with E-state index in [9.17, 15) is 10.1 Å². The van der Waals surface area contributed by atoms with Gasteiger partial charge in [0.25, 0.3) is 0 Å². The van der Waals surface area contributed by atoms with Gasteiger partial charge in [0.05, 0.1) is 12.5 Å². The van der Waals surface area contributed by atoms with E-state index in [2.05, 4.69) is 6.07 Å². The molecule has 1 aromatic carbocycles. The zero-order chi connectivity index (χ0) is 13.5. The summed E-state index contributed by atoms with van der Waals surface area (Å²) in [6.45, 7) is 4.25. The first-order valence-electron chi connectivity index (χ1n) is 6.03. The number of hydrogen-bond donors (Lipinski definition) is 1. The largest absolute Gasteiger partial charge is 0.481 e. The molecule has 1 unspecified atom stereocenters. The average molecular weight is 246 g/mol. The Morgan fingerprint density at radius 3 is 2.67 bits per heavy atom. The molecule has 96 valence electrons. The van der Waals surface area contributed by atoms with Crippen LogP contribution in [0.5, 0.6) is 0 Å². The number of anilines is 1. The number of hydrogen-bond acceptors (Lipinski definition) is 3. The van der Waals surface area contributed by atoms with Crippen LogP contribution in [0, 0.1) is 18.3 Å². The van der Waals surface area contributed by atoms with Crippen molar-refractivity contribution in [2.75, 3.05) is 11.4 Å². The first kappa shape index (κ1) is 14.0. The van der Waals surface area contributed by atoms with Crippen molar-refractivity contribution in [3.05, 3.63) is 29.8 Å². The Morgan fingerprint density at radius 2 is 2.17 bits per heavy atom. The number of para-hydroxylation sites is 1. The van der Waals surface area contributed by atoms with E-state index in [4.69, 9.17) is 5.11 Å². The Bertz CT molecular complexity index is 451. The minimum Gasteiger partial charge on any atom is -0.481 e. The summed E-state index contributed by atoms with van der Waals surface area (Å²) in [5.41, 5.74) is 1.99. The average Bonchev–Trinajstić information content (AvgIpc) is 2.35. The summed E-state index contributed by atoms with van der Waals surface area (Å²) in [6.07, 6.45) is 0.705. The van der Waals surface area contributed by atoms with Crippen molar-refractivity contribution >= 4 is 11.7 Å². The molecule has 0 bridgehead atoms. The number of benzene rings is 1. The Morgan fingerprint density at radius 1 is 1.50 bits per heavy atom. The predicted octanol–water partition coefficient (Wildman–Crippen LogP) is 2.58. The number of carboxylic acid groups (broad SMARTS) is 1. The lowest BCUT2D eigenvalue weighted by Gasteiger charge is -2.29. The van der Waals surface area contributed by atoms with Gasteiger partial charge in [-0.25, -0.2) is 0 Å². The fraction of sp³-hybridized carbons (Fsp3) is 0.429. The van der Waals surface area contributed by atoms with E-state index in [0.29, 0.717) is 13.0 Å². The van der Waals surface area contributed by atoms with Crippen molar-refractivity contribution in [3.63, 3.8) is 0 Å². The molecule has 0 heterocycles. The third-order valence-corrected chi connectivity index (χ3v) is 2.90. The van der Waals surface area contributed by atoms with Crippen molar-refractivity contribution in [1.29, 1.82) is 5.26 Å². The zero-order valence-electron chi connectivity index (χ0n) is 10.8. The second-order valence-electron chi connectivity index (χ2n) is 4.18. The van der Waals surface area contributed by atoms with E-state index in [-0.39, 0.29) is 12.5 Å². The van der Waals surface area contributed by atoms with Gasteiger partial charge < -0.3 is 10.0 Å². The van der Waals surface area contributed by atoms with Crippen molar-refractivity contribution in [2.24, 2.45) is 0 Å². The maximum Gasteiger partial charge on any atom is 0.305 e. The molecular formula is C14H18N2O2. The number of aryl methyl sites for hydroxylation is 1. The first-order valence-corrected chi connectivity index (χ1v) is 6.03. The maximum atomic E-state index is 10.7. The summed E-state index contributed by atoms with van der Waals surface area (Å²) in [4.78, 5) is 12.6. The van der Waals surface area contributed by atoms with Crippen molar-refractivity contribution < 1.29 is 9.90 Å². The highest BCUT2D eigenvalue weighted by Gasteiger charge is 2.18. The Kier molecular flexibility index (Phi) is 5.19. The van der Waals surface area contributed by atoms with Crippen LogP contribution in [0.4, 0.5) is 5.69 Å². The van der Waals surface area contributed by atoms with Crippen LogP contribution in [-0.2, 0) is 4.79 Å². The number of carboxylic acids is 1. The van der Waals surface area contributed by atoms with Gasteiger partial charge in [0.1, 0.15) is 6.04 Å². The topological polar surface area (TPSA) is 64.3 Å². The molecular weight excluding hydrogens is 228 g/mol. The fourth-order valence-corrected chi connectivity index (χ4v) is 1.93. The molecule has 18 heavy (non-hydrogen) atoms. The molecule has 1 aromatic rings. The number of aliphatic carboxylic acids is 1. The van der Waals surface area contributed by atoms with Crippen LogP contribution in [0.25, 0.3) is 0 Å². The van der Waals surface area contributed by atoms with Crippen LogP contribution in [0.1, 0.15) is 25.3 Å². The maximum absolute atomic E-state index is 10.7. The third kappa shape index (κ3) is 3.49. The summed E-state index contributed by atoms with van der Waals surface area (Å²) in [5, 5.41) is 18.0. The van der Waals surface area contributed by atoms with Crippen LogP contribution in [0.15, 0.2) is 24.3 Å². The summed E-state index contributed by atoms with van der Waals surface area (Å²) >= 11 is 0. The predicted molar refractivity (Wildman–Crippen MR) is 70.5 cm³/mol. The number of nitrogens with zero attached hydrogens (tertiary/aromatic N) is 2. The molecule has 4 nitrogen and oxygen atoms in total. The van der Waals surface area contributed by atoms with Gasteiger partial charge in [0.15, 0.2) is 0 Å². The van der Waals surface area contributed by atoms with E-state index in [1.165, 1.54) is 0 Å². The van der Waals surface area contributed by atoms with Gasteiger partial charge in [0.2, 0.25) is 0 Å². The van der Waals surface area contributed by atoms with Gasteiger partial charge in [0, 0.05) is 12.2 Å². The van der Waals surface area contributed by atoms with Gasteiger partial charge in [-0.1, -0.05) is 25.1 Å². The minimum absolute atomic E-state index is 0.0342. The summed E-state index contributed by atoms with van der Waals surface area (Å²) < 4.78 is 0. The molecule has 0 spiro atoms. The molecule has 0 aliphatic heterocycles. The normalized spacial score (nSPS) is 11.6. The molecule has 1 atom stereocenters. The van der Waals surface area contributed by atoms with Crippen LogP contribution in [0.2, 0.25) is 0 Å². The molecule has 1 rings (SSSR count). The van der Waals surface area contributed by atoms with Crippen molar-refractivity contribution in [2.45, 2.75) is 32.7 Å². The lowest BCUT2D eigenvalue weighted by Crippen LogP contribution is -2.36. The van der Waals surface area contributed by atoms with E-state index in [1.807, 2.05) is 43.0 Å². The highest BCUT2D eigenvalue weighted by molar-refractivity contribution is 5.68. The van der Waals surface area contributed by atoms with E-state index >= 15 is 0 Å². The highest BCUT2D eigenvalue weighted by Crippen LogP contribution is 2.23. The van der Waals surface area contributed by atoms with Crippen LogP contribution in [-0.4, -0.2) is 23.7 Å². The van der Waals surface area contributed by atoms with E-state index in [0.717, 1.165) is 11.3 Å². The van der Waals surface area contributed by atoms with Gasteiger partial charge >= 0.3 is 5.97 Å². The fourth-order valence-electron chi connectivity index (χ4n) is 1.93. The molecule has 0 aromatic heterocycles. The van der Waals surface area contributed by atoms with Crippen LogP contribution >= 0.6 is 0 Å². The molecule has 0 saturated carbocycles. The second-order valence-corrected chi connectivity index (χ2v) is 4.18. The summed E-state index contributed by atoms with van der Waals surface area (Å²) in [7, 11) is 0. The Hall–Kier alpha value is -2.02. The van der Waals surface area contributed by atoms with Crippen LogP contribution in [0.3, 0.4) is 0 Å². The molecule has 0 fully saturated rings. The molecule has 0 radical (unpaired) electrons. The molecule has 4 heteroatoms. The van der Waals surface area contributed by atoms with E-state index < -0.39 is 5.97 Å². The molecule has 0 aliphatic carbocycles. The number of carbonyl (C=O) groups is 1. The molecule has 0 saturated heterocycles. The lowest BCUT2D eigenvalue weighted by molar-refractivity contribution is -0.136. The van der Waals surface area contributed by atoms with Crippen molar-refractivity contribution in [3.8, 4) is 6.07 Å². The molecule has 0 aliphatic rings. The monoisotopic (exact) mass is 246 g/mol. The van der Waals surface area contributed by atoms with Gasteiger partial charge in [-0.15, -0.1) is 0 Å². The lowest BCUT2D eigenvalue weighted by atomic mass is 10.1. The first-order chi connectivity index (χ1) is 8.60. The molecule has 1 N–H and O–H groups in total. The smallest absolute Gasteiger partial charge is 0.305 e. The highest BCUT2D eigenvalue weighted by atomic mass is 16.4. The quantitative estimate of drug-likeness (QED) is 0.837. The molecule has 0 amide bonds. The number of rotatable bonds is 6. The third-order valence-electron chi connectivity index (χ3n) is 2.90. The standard InChI is InChI=1S/C14H18N2O2/c1-3-12(10-15)16(9-8-14(17)18)13-7-5-4-6-11(13)2/h4-7,12H,3,8-9H2,1-2H3,(H,17,18). The Balaban J connectivity index is 3.00. The summed E-state index contributed by atoms with van der Waals surface area (Å²) in [6, 6.07) is 9.68. The second kappa shape index (κ2) is 6.65. The summed E-state index contributed by atoms with van der Waals surface area (Å²) in [5.74, 6) is -0.846.